The Kier molecular flexibility index (Phi) is 8.64. The van der Waals surface area contributed by atoms with Crippen LogP contribution in [0, 0.1) is 13.8 Å². The number of aliphatic imine (C=N–C) groups is 1. The third-order valence-electron chi connectivity index (χ3n) is 6.39. The Morgan fingerprint density at radius 2 is 1.46 bits per heavy atom. The van der Waals surface area contributed by atoms with Gasteiger partial charge in [-0.1, -0.05) is 88.7 Å². The number of hydrogen-bond acceptors (Lipinski definition) is 4. The van der Waals surface area contributed by atoms with Crippen molar-refractivity contribution in [3.05, 3.63) is 140 Å². The molecule has 0 bridgehead atoms. The minimum absolute atomic E-state index is 0.0264. The highest BCUT2D eigenvalue weighted by atomic mass is 79.9. The van der Waals surface area contributed by atoms with Crippen molar-refractivity contribution < 1.29 is 9.53 Å². The highest BCUT2D eigenvalue weighted by Crippen LogP contribution is 2.35. The molecule has 1 aliphatic rings. The fourth-order valence-corrected chi connectivity index (χ4v) is 5.70. The summed E-state index contributed by atoms with van der Waals surface area (Å²) in [5.74, 6) is 0.850. The van der Waals surface area contributed by atoms with Crippen LogP contribution in [0.25, 0.3) is 6.08 Å². The van der Waals surface area contributed by atoms with Crippen molar-refractivity contribution in [2.45, 2.75) is 33.5 Å². The highest BCUT2D eigenvalue weighted by molar-refractivity contribution is 9.10. The lowest BCUT2D eigenvalue weighted by Gasteiger charge is -2.16. The van der Waals surface area contributed by atoms with Gasteiger partial charge in [-0.3, -0.25) is 14.7 Å². The number of carbonyl (C=O) groups excluding carboxylic acids is 1. The molecule has 0 aromatic heterocycles. The van der Waals surface area contributed by atoms with Crippen molar-refractivity contribution in [2.24, 2.45) is 4.99 Å². The van der Waals surface area contributed by atoms with E-state index >= 15 is 0 Å². The maximum absolute atomic E-state index is 13.6. The van der Waals surface area contributed by atoms with E-state index in [9.17, 15) is 4.79 Å². The number of amides is 1. The van der Waals surface area contributed by atoms with Crippen LogP contribution in [-0.4, -0.2) is 16.0 Å². The smallest absolute Gasteiger partial charge is 0.267 e. The molecule has 0 spiro atoms. The number of aryl methyl sites for hydroxylation is 2. The summed E-state index contributed by atoms with van der Waals surface area (Å²) >= 11 is 4.91. The van der Waals surface area contributed by atoms with Gasteiger partial charge in [-0.2, -0.15) is 0 Å². The average Bonchev–Trinajstić information content (AvgIpc) is 3.22. The Morgan fingerprint density at radius 3 is 2.10 bits per heavy atom. The second-order valence-corrected chi connectivity index (χ2v) is 11.4. The van der Waals surface area contributed by atoms with Gasteiger partial charge in [0.25, 0.3) is 5.91 Å². The van der Waals surface area contributed by atoms with E-state index in [2.05, 4.69) is 52.3 Å². The van der Waals surface area contributed by atoms with Crippen molar-refractivity contribution in [3.8, 4) is 5.75 Å². The zero-order valence-corrected chi connectivity index (χ0v) is 24.3. The summed E-state index contributed by atoms with van der Waals surface area (Å²) < 4.78 is 7.23. The van der Waals surface area contributed by atoms with Crippen molar-refractivity contribution in [2.75, 3.05) is 0 Å². The fraction of sp³-hybridized carbons (Fsp3) is 0.152. The van der Waals surface area contributed by atoms with E-state index < -0.39 is 0 Å². The predicted molar refractivity (Wildman–Crippen MR) is 165 cm³/mol. The summed E-state index contributed by atoms with van der Waals surface area (Å²) in [6.45, 7) is 5.60. The normalized spacial score (nSPS) is 15.4. The Balaban J connectivity index is 1.38. The molecule has 0 atom stereocenters. The van der Waals surface area contributed by atoms with E-state index in [1.54, 1.807) is 4.90 Å². The highest BCUT2D eigenvalue weighted by Gasteiger charge is 2.33. The molecular formula is C33H29BrN2O2S. The minimum Gasteiger partial charge on any atom is -0.488 e. The van der Waals surface area contributed by atoms with Gasteiger partial charge in [-0.15, -0.1) is 0 Å². The first-order chi connectivity index (χ1) is 19.0. The Hall–Kier alpha value is -3.61. The lowest BCUT2D eigenvalue weighted by molar-refractivity contribution is -0.122. The van der Waals surface area contributed by atoms with E-state index in [4.69, 9.17) is 9.73 Å². The molecule has 1 fully saturated rings. The van der Waals surface area contributed by atoms with E-state index in [0.29, 0.717) is 24.6 Å². The van der Waals surface area contributed by atoms with Crippen LogP contribution < -0.4 is 4.74 Å². The lowest BCUT2D eigenvalue weighted by Crippen LogP contribution is -2.28. The Bertz CT molecular complexity index is 1490. The second-order valence-electron chi connectivity index (χ2n) is 9.47. The van der Waals surface area contributed by atoms with Gasteiger partial charge >= 0.3 is 0 Å². The Morgan fingerprint density at radius 1 is 0.846 bits per heavy atom. The van der Waals surface area contributed by atoms with Crippen LogP contribution in [0.1, 0.15) is 33.4 Å². The molecule has 0 radical (unpaired) electrons. The monoisotopic (exact) mass is 596 g/mol. The van der Waals surface area contributed by atoms with Gasteiger partial charge in [-0.25, -0.2) is 0 Å². The quantitative estimate of drug-likeness (QED) is 0.192. The van der Waals surface area contributed by atoms with E-state index in [1.807, 2.05) is 80.6 Å². The molecule has 1 saturated heterocycles. The summed E-state index contributed by atoms with van der Waals surface area (Å²) in [7, 11) is 0. The van der Waals surface area contributed by atoms with Crippen LogP contribution >= 0.6 is 27.7 Å². The largest absolute Gasteiger partial charge is 0.488 e. The van der Waals surface area contributed by atoms with Crippen molar-refractivity contribution >= 4 is 44.8 Å². The molecule has 0 saturated carbocycles. The number of rotatable bonds is 8. The number of amidine groups is 1. The predicted octanol–water partition coefficient (Wildman–Crippen LogP) is 8.32. The van der Waals surface area contributed by atoms with Crippen LogP contribution in [0.4, 0.5) is 0 Å². The first-order valence-electron chi connectivity index (χ1n) is 12.8. The van der Waals surface area contributed by atoms with Crippen LogP contribution in [0.2, 0.25) is 0 Å². The van der Waals surface area contributed by atoms with Gasteiger partial charge in [0.1, 0.15) is 12.4 Å². The number of hydrogen-bond donors (Lipinski definition) is 0. The summed E-state index contributed by atoms with van der Waals surface area (Å²) in [5.41, 5.74) is 6.33. The third-order valence-corrected chi connectivity index (χ3v) is 7.96. The van der Waals surface area contributed by atoms with Crippen LogP contribution in [0.5, 0.6) is 5.75 Å². The van der Waals surface area contributed by atoms with E-state index in [1.165, 1.54) is 11.8 Å². The zero-order chi connectivity index (χ0) is 27.2. The number of thioether (sulfide) groups is 1. The first kappa shape index (κ1) is 27.0. The number of nitrogens with zero attached hydrogens (tertiary/aromatic N) is 2. The maximum Gasteiger partial charge on any atom is 0.267 e. The number of benzene rings is 4. The van der Waals surface area contributed by atoms with E-state index in [0.717, 1.165) is 48.8 Å². The number of carbonyl (C=O) groups is 1. The van der Waals surface area contributed by atoms with Gasteiger partial charge in [0.05, 0.1) is 18.0 Å². The maximum atomic E-state index is 13.6. The van der Waals surface area contributed by atoms with Gasteiger partial charge in [0.15, 0.2) is 5.17 Å². The van der Waals surface area contributed by atoms with Crippen LogP contribution in [-0.2, 0) is 24.5 Å². The summed E-state index contributed by atoms with van der Waals surface area (Å²) in [6.07, 6.45) is 1.97. The molecule has 6 heteroatoms. The molecular weight excluding hydrogens is 568 g/mol. The topological polar surface area (TPSA) is 41.9 Å². The van der Waals surface area contributed by atoms with Gasteiger partial charge in [0.2, 0.25) is 0 Å². The molecule has 1 amide bonds. The third kappa shape index (κ3) is 6.88. The minimum atomic E-state index is -0.0264. The second kappa shape index (κ2) is 12.5. The number of halogens is 1. The molecule has 4 nitrogen and oxygen atoms in total. The zero-order valence-electron chi connectivity index (χ0n) is 21.9. The van der Waals surface area contributed by atoms with Gasteiger partial charge in [-0.05, 0) is 89.3 Å². The van der Waals surface area contributed by atoms with Gasteiger partial charge in [0, 0.05) is 4.47 Å². The van der Waals surface area contributed by atoms with Crippen molar-refractivity contribution in [1.82, 2.24) is 4.90 Å². The standard InChI is InChI=1S/C33H29BrN2O2S/c1-23-17-28(18-24(2)31(23)38-22-27-13-15-29(34)16-14-27)19-30-32(37)36(21-26-11-7-4-8-12-26)33(39-30)35-20-25-9-5-3-6-10-25/h3-19H,20-22H2,1-2H3/b30-19-,35-33?. The fourth-order valence-electron chi connectivity index (χ4n) is 4.46. The van der Waals surface area contributed by atoms with Crippen molar-refractivity contribution in [1.29, 1.82) is 0 Å². The summed E-state index contributed by atoms with van der Waals surface area (Å²) in [6, 6.07) is 32.4. The molecule has 4 aromatic rings. The molecule has 196 valence electrons. The number of ether oxygens (including phenoxy) is 1. The molecule has 4 aromatic carbocycles. The molecule has 1 aliphatic heterocycles. The average molecular weight is 598 g/mol. The molecule has 1 heterocycles. The molecule has 39 heavy (non-hydrogen) atoms. The Labute approximate surface area is 242 Å². The molecule has 0 unspecified atom stereocenters. The summed E-state index contributed by atoms with van der Waals surface area (Å²) in [4.78, 5) is 20.9. The van der Waals surface area contributed by atoms with Crippen molar-refractivity contribution in [3.63, 3.8) is 0 Å². The summed E-state index contributed by atoms with van der Waals surface area (Å²) in [5, 5.41) is 0.724. The van der Waals surface area contributed by atoms with Gasteiger partial charge < -0.3 is 4.74 Å². The first-order valence-corrected chi connectivity index (χ1v) is 14.4. The molecule has 0 N–H and O–H groups in total. The van der Waals surface area contributed by atoms with Crippen LogP contribution in [0.15, 0.2) is 111 Å². The molecule has 0 aliphatic carbocycles. The lowest BCUT2D eigenvalue weighted by atomic mass is 10.0. The van der Waals surface area contributed by atoms with Crippen LogP contribution in [0.3, 0.4) is 0 Å². The van der Waals surface area contributed by atoms with E-state index in [-0.39, 0.29) is 5.91 Å². The molecule has 5 rings (SSSR count). The SMILES string of the molecule is Cc1cc(/C=C2\SC(=NCc3ccccc3)N(Cc3ccccc3)C2=O)cc(C)c1OCc1ccc(Br)cc1.